The van der Waals surface area contributed by atoms with Crippen LogP contribution >= 0.6 is 0 Å². The van der Waals surface area contributed by atoms with E-state index in [9.17, 15) is 9.59 Å². The van der Waals surface area contributed by atoms with E-state index in [1.165, 1.54) is 17.2 Å². The Balaban J connectivity index is 2.39. The number of aromatic nitrogens is 4. The molecule has 0 aliphatic heterocycles. The Bertz CT molecular complexity index is 1010. The summed E-state index contributed by atoms with van der Waals surface area (Å²) in [6.45, 7) is 4.84. The van der Waals surface area contributed by atoms with Crippen molar-refractivity contribution in [1.82, 2.24) is 18.7 Å². The van der Waals surface area contributed by atoms with E-state index in [1.807, 2.05) is 35.8 Å². The van der Waals surface area contributed by atoms with Crippen LogP contribution in [0.5, 0.6) is 0 Å². The molecule has 24 heavy (non-hydrogen) atoms. The molecule has 0 bridgehead atoms. The molecule has 3 rings (SSSR count). The van der Waals surface area contributed by atoms with E-state index in [4.69, 9.17) is 0 Å². The minimum atomic E-state index is -0.358. The summed E-state index contributed by atoms with van der Waals surface area (Å²) in [5, 5.41) is 0. The average Bonchev–Trinajstić information content (AvgIpc) is 2.96. The Kier molecular flexibility index (Phi) is 4.13. The minimum absolute atomic E-state index is 0.296. The van der Waals surface area contributed by atoms with Crippen molar-refractivity contribution in [2.75, 3.05) is 0 Å². The maximum Gasteiger partial charge on any atom is 0.332 e. The molecule has 0 spiro atoms. The van der Waals surface area contributed by atoms with E-state index >= 15 is 0 Å². The molecule has 3 aromatic rings. The molecule has 0 atom stereocenters. The second kappa shape index (κ2) is 6.11. The summed E-state index contributed by atoms with van der Waals surface area (Å²) in [6, 6.07) is 8.05. The molecular formula is C18H22N4O2. The number of hydrogen-bond donors (Lipinski definition) is 0. The first kappa shape index (κ1) is 16.2. The lowest BCUT2D eigenvalue weighted by Crippen LogP contribution is -2.37. The Morgan fingerprint density at radius 1 is 1.04 bits per heavy atom. The van der Waals surface area contributed by atoms with E-state index in [2.05, 4.69) is 11.9 Å². The highest BCUT2D eigenvalue weighted by Gasteiger charge is 2.19. The van der Waals surface area contributed by atoms with Crippen LogP contribution in [-0.4, -0.2) is 18.7 Å². The van der Waals surface area contributed by atoms with E-state index < -0.39 is 0 Å². The molecule has 1 aromatic carbocycles. The van der Waals surface area contributed by atoms with Gasteiger partial charge >= 0.3 is 5.69 Å². The normalized spacial score (nSPS) is 11.3. The summed E-state index contributed by atoms with van der Waals surface area (Å²) in [4.78, 5) is 29.5. The summed E-state index contributed by atoms with van der Waals surface area (Å²) < 4.78 is 4.54. The number of aryl methyl sites for hydroxylation is 3. The van der Waals surface area contributed by atoms with E-state index in [-0.39, 0.29) is 11.2 Å². The van der Waals surface area contributed by atoms with Gasteiger partial charge in [0.1, 0.15) is 5.82 Å². The number of hydrogen-bond acceptors (Lipinski definition) is 3. The molecule has 0 saturated carbocycles. The monoisotopic (exact) mass is 326 g/mol. The average molecular weight is 326 g/mol. The number of unbranched alkanes of at least 4 members (excludes halogenated alkanes) is 1. The van der Waals surface area contributed by atoms with Gasteiger partial charge in [-0.25, -0.2) is 9.78 Å². The van der Waals surface area contributed by atoms with Crippen molar-refractivity contribution in [2.45, 2.75) is 33.2 Å². The molecule has 6 heteroatoms. The first-order valence-corrected chi connectivity index (χ1v) is 8.19. The second-order valence-electron chi connectivity index (χ2n) is 6.18. The fourth-order valence-electron chi connectivity index (χ4n) is 2.90. The molecule has 0 aliphatic carbocycles. The summed E-state index contributed by atoms with van der Waals surface area (Å²) in [6.07, 6.45) is 1.95. The van der Waals surface area contributed by atoms with Crippen LogP contribution in [0.1, 0.15) is 25.3 Å². The summed E-state index contributed by atoms with van der Waals surface area (Å²) in [5.74, 6) is 0.733. The number of rotatable bonds is 4. The van der Waals surface area contributed by atoms with E-state index in [1.54, 1.807) is 7.05 Å². The molecule has 0 fully saturated rings. The predicted octanol–water partition coefficient (Wildman–Crippen LogP) is 2.21. The fourth-order valence-corrected chi connectivity index (χ4v) is 2.90. The first-order valence-electron chi connectivity index (χ1n) is 8.19. The Hall–Kier alpha value is -2.63. The number of nitrogens with zero attached hydrogens (tertiary/aromatic N) is 4. The molecule has 126 valence electrons. The van der Waals surface area contributed by atoms with Gasteiger partial charge in [-0.05, 0) is 13.3 Å². The molecule has 0 radical (unpaired) electrons. The Labute approximate surface area is 140 Å². The lowest BCUT2D eigenvalue weighted by atomic mass is 10.1. The third kappa shape index (κ3) is 2.48. The highest BCUT2D eigenvalue weighted by molar-refractivity contribution is 5.77. The van der Waals surface area contributed by atoms with Gasteiger partial charge in [-0.1, -0.05) is 43.2 Å². The van der Waals surface area contributed by atoms with Gasteiger partial charge in [0.05, 0.1) is 0 Å². The zero-order valence-corrected chi connectivity index (χ0v) is 14.5. The van der Waals surface area contributed by atoms with Crippen LogP contribution in [0.3, 0.4) is 0 Å². The van der Waals surface area contributed by atoms with Crippen LogP contribution in [-0.2, 0) is 20.6 Å². The van der Waals surface area contributed by atoms with Crippen LogP contribution < -0.4 is 11.2 Å². The molecule has 0 amide bonds. The van der Waals surface area contributed by atoms with Gasteiger partial charge < -0.3 is 4.57 Å². The van der Waals surface area contributed by atoms with Crippen molar-refractivity contribution < 1.29 is 0 Å². The van der Waals surface area contributed by atoms with Crippen molar-refractivity contribution in [3.63, 3.8) is 0 Å². The van der Waals surface area contributed by atoms with E-state index in [0.717, 1.165) is 28.8 Å². The second-order valence-corrected chi connectivity index (χ2v) is 6.18. The van der Waals surface area contributed by atoms with Gasteiger partial charge in [0.25, 0.3) is 5.56 Å². The van der Waals surface area contributed by atoms with Crippen LogP contribution in [0.2, 0.25) is 0 Å². The molecule has 0 N–H and O–H groups in total. The van der Waals surface area contributed by atoms with Gasteiger partial charge in [0.15, 0.2) is 11.2 Å². The van der Waals surface area contributed by atoms with Gasteiger partial charge in [-0.15, -0.1) is 0 Å². The first-order chi connectivity index (χ1) is 11.5. The zero-order valence-electron chi connectivity index (χ0n) is 14.5. The molecule has 2 heterocycles. The van der Waals surface area contributed by atoms with Crippen molar-refractivity contribution in [1.29, 1.82) is 0 Å². The number of benzene rings is 1. The lowest BCUT2D eigenvalue weighted by Gasteiger charge is -2.09. The third-order valence-electron chi connectivity index (χ3n) is 4.39. The molecule has 0 unspecified atom stereocenters. The van der Waals surface area contributed by atoms with Gasteiger partial charge in [0, 0.05) is 26.2 Å². The quantitative estimate of drug-likeness (QED) is 0.738. The maximum atomic E-state index is 12.7. The summed E-state index contributed by atoms with van der Waals surface area (Å²) in [5.41, 5.74) is 2.39. The van der Waals surface area contributed by atoms with Crippen molar-refractivity contribution in [3.05, 3.63) is 50.7 Å². The maximum absolute atomic E-state index is 12.7. The fraction of sp³-hybridized carbons (Fsp3) is 0.389. The smallest absolute Gasteiger partial charge is 0.318 e. The van der Waals surface area contributed by atoms with Crippen molar-refractivity contribution in [2.24, 2.45) is 14.1 Å². The molecule has 0 aliphatic rings. The number of fused-ring (bicyclic) bond motifs is 1. The van der Waals surface area contributed by atoms with Crippen LogP contribution in [0, 0.1) is 6.92 Å². The third-order valence-corrected chi connectivity index (χ3v) is 4.39. The van der Waals surface area contributed by atoms with Crippen LogP contribution in [0.4, 0.5) is 0 Å². The Morgan fingerprint density at radius 2 is 1.71 bits per heavy atom. The van der Waals surface area contributed by atoms with Crippen LogP contribution in [0.25, 0.3) is 22.6 Å². The summed E-state index contributed by atoms with van der Waals surface area (Å²) in [7, 11) is 3.16. The minimum Gasteiger partial charge on any atom is -0.318 e. The Morgan fingerprint density at radius 3 is 2.33 bits per heavy atom. The molecule has 0 saturated heterocycles. The van der Waals surface area contributed by atoms with Crippen molar-refractivity contribution >= 4 is 11.2 Å². The highest BCUT2D eigenvalue weighted by atomic mass is 16.2. The SMILES string of the molecule is CCCCn1c(-c2ccc(C)cc2)nc2c1c(=O)n(C)c(=O)n2C. The van der Waals surface area contributed by atoms with Gasteiger partial charge in [-0.3, -0.25) is 13.9 Å². The summed E-state index contributed by atoms with van der Waals surface area (Å²) >= 11 is 0. The molecule has 2 aromatic heterocycles. The van der Waals surface area contributed by atoms with Crippen molar-refractivity contribution in [3.8, 4) is 11.4 Å². The standard InChI is InChI=1S/C18H22N4O2/c1-5-6-11-22-14-16(20(3)18(24)21(4)17(14)23)19-15(22)13-9-7-12(2)8-10-13/h7-10H,5-6,11H2,1-4H3. The van der Waals surface area contributed by atoms with Crippen LogP contribution in [0.15, 0.2) is 33.9 Å². The highest BCUT2D eigenvalue weighted by Crippen LogP contribution is 2.23. The van der Waals surface area contributed by atoms with Gasteiger partial charge in [-0.2, -0.15) is 0 Å². The van der Waals surface area contributed by atoms with E-state index in [0.29, 0.717) is 17.7 Å². The van der Waals surface area contributed by atoms with Gasteiger partial charge in [0.2, 0.25) is 0 Å². The number of imidazole rings is 1. The zero-order chi connectivity index (χ0) is 17.4. The molecule has 6 nitrogen and oxygen atoms in total. The molecular weight excluding hydrogens is 304 g/mol. The predicted molar refractivity (Wildman–Crippen MR) is 95.3 cm³/mol. The topological polar surface area (TPSA) is 61.8 Å². The largest absolute Gasteiger partial charge is 0.332 e. The lowest BCUT2D eigenvalue weighted by molar-refractivity contribution is 0.642.